The van der Waals surface area contributed by atoms with Crippen molar-refractivity contribution in [1.29, 1.82) is 0 Å². The van der Waals surface area contributed by atoms with Gasteiger partial charge in [0.15, 0.2) is 0 Å². The molecule has 10 heteroatoms. The van der Waals surface area contributed by atoms with Gasteiger partial charge in [-0.2, -0.15) is 0 Å². The average Bonchev–Trinajstić information content (AvgIpc) is 3.81. The number of hydrogen-bond acceptors (Lipinski definition) is 9. The molecule has 0 aliphatic carbocycles. The molecule has 0 radical (unpaired) electrons. The second-order valence-corrected chi connectivity index (χ2v) is 17.7. The summed E-state index contributed by atoms with van der Waals surface area (Å²) in [5.74, 6) is -1.62. The van der Waals surface area contributed by atoms with Gasteiger partial charge < -0.3 is 29.2 Å². The van der Waals surface area contributed by atoms with Gasteiger partial charge in [-0.25, -0.2) is 4.79 Å². The summed E-state index contributed by atoms with van der Waals surface area (Å²) >= 11 is 0. The number of carbonyl (C=O) groups is 4. The van der Waals surface area contributed by atoms with Crippen LogP contribution in [0.3, 0.4) is 0 Å². The molecule has 1 unspecified atom stereocenters. The highest BCUT2D eigenvalue weighted by atomic mass is 16.6. The summed E-state index contributed by atoms with van der Waals surface area (Å²) in [6.45, 7) is 9.77. The Morgan fingerprint density at radius 1 is 0.516 bits per heavy atom. The van der Waals surface area contributed by atoms with Crippen molar-refractivity contribution in [3.8, 4) is 0 Å². The minimum absolute atomic E-state index is 0.0153. The first kappa shape index (κ1) is 58.6. The summed E-state index contributed by atoms with van der Waals surface area (Å²) in [6.07, 6.45) is 46.5. The highest BCUT2D eigenvalue weighted by Gasteiger charge is 2.22. The molecule has 1 saturated heterocycles. The molecular formula is C54H94N2O8. The molecule has 1 N–H and O–H groups in total. The molecule has 1 fully saturated rings. The maximum atomic E-state index is 13.0. The molecule has 64 heavy (non-hydrogen) atoms. The number of alkyl carbamates (subject to hydrolysis) is 1. The van der Waals surface area contributed by atoms with E-state index in [1.807, 2.05) is 6.92 Å². The smallest absolute Gasteiger partial charge is 0.407 e. The van der Waals surface area contributed by atoms with Gasteiger partial charge in [-0.15, -0.1) is 0 Å². The van der Waals surface area contributed by atoms with Crippen LogP contribution >= 0.6 is 0 Å². The van der Waals surface area contributed by atoms with Crippen LogP contribution in [-0.2, 0) is 33.3 Å². The van der Waals surface area contributed by atoms with Crippen LogP contribution in [0.1, 0.15) is 213 Å². The van der Waals surface area contributed by atoms with Crippen molar-refractivity contribution in [2.75, 3.05) is 46.0 Å². The number of allylic oxidation sites excluding steroid dienone is 8. The van der Waals surface area contributed by atoms with Gasteiger partial charge in [0.1, 0.15) is 25.9 Å². The fraction of sp³-hybridized carbons (Fsp3) is 0.778. The minimum Gasteiger partial charge on any atom is -0.465 e. The zero-order chi connectivity index (χ0) is 46.4. The Morgan fingerprint density at radius 3 is 1.41 bits per heavy atom. The fourth-order valence-corrected chi connectivity index (χ4v) is 7.48. The molecular weight excluding hydrogens is 805 g/mol. The van der Waals surface area contributed by atoms with Crippen molar-refractivity contribution in [1.82, 2.24) is 10.2 Å². The molecule has 368 valence electrons. The normalized spacial score (nSPS) is 13.8. The van der Waals surface area contributed by atoms with E-state index in [2.05, 4.69) is 72.7 Å². The second-order valence-electron chi connectivity index (χ2n) is 17.7. The summed E-state index contributed by atoms with van der Waals surface area (Å²) in [5, 5.41) is 2.82. The van der Waals surface area contributed by atoms with Crippen LogP contribution in [0.5, 0.6) is 0 Å². The van der Waals surface area contributed by atoms with E-state index in [1.165, 1.54) is 64.2 Å². The van der Waals surface area contributed by atoms with Crippen molar-refractivity contribution in [3.05, 3.63) is 48.6 Å². The van der Waals surface area contributed by atoms with E-state index in [0.29, 0.717) is 25.8 Å². The molecule has 0 bridgehead atoms. The van der Waals surface area contributed by atoms with E-state index in [4.69, 9.17) is 18.9 Å². The van der Waals surface area contributed by atoms with Crippen molar-refractivity contribution in [3.63, 3.8) is 0 Å². The number of nitrogens with zero attached hydrogens (tertiary/aromatic N) is 1. The zero-order valence-corrected chi connectivity index (χ0v) is 41.1. The standard InChI is InChI=1S/C54H94N2O8/c1-4-7-10-12-14-16-18-20-22-24-26-28-30-32-34-39-51(57)61-46-49(47-62-52(58)40-35-33-31-29-27-25-23-21-19-17-15-13-11-8-5-2)48-63-53(59)45-50(38-9-6-3)64-54(60)55-41-44-56-42-36-37-43-56/h14-17,20-23,49-50H,4-13,18-19,24-48H2,1-3H3,(H,55,60)/b16-14-,17-15-,22-20-,23-21-. The Labute approximate surface area is 391 Å². The lowest BCUT2D eigenvalue weighted by Crippen LogP contribution is -2.36. The van der Waals surface area contributed by atoms with Gasteiger partial charge in [-0.1, -0.05) is 146 Å². The summed E-state index contributed by atoms with van der Waals surface area (Å²) in [4.78, 5) is 53.3. The maximum Gasteiger partial charge on any atom is 0.407 e. The molecule has 1 aliphatic heterocycles. The van der Waals surface area contributed by atoms with Gasteiger partial charge in [0.05, 0.1) is 12.3 Å². The maximum absolute atomic E-state index is 13.0. The van der Waals surface area contributed by atoms with Crippen LogP contribution in [0.25, 0.3) is 0 Å². The molecule has 10 nitrogen and oxygen atoms in total. The first-order valence-electron chi connectivity index (χ1n) is 26.1. The fourth-order valence-electron chi connectivity index (χ4n) is 7.48. The Bertz CT molecular complexity index is 1200. The van der Waals surface area contributed by atoms with Crippen LogP contribution in [0.2, 0.25) is 0 Å². The zero-order valence-electron chi connectivity index (χ0n) is 41.1. The van der Waals surface area contributed by atoms with E-state index < -0.39 is 24.1 Å². The molecule has 0 aromatic carbocycles. The van der Waals surface area contributed by atoms with Crippen molar-refractivity contribution < 1.29 is 38.1 Å². The Balaban J connectivity index is 2.48. The molecule has 0 saturated carbocycles. The van der Waals surface area contributed by atoms with Crippen molar-refractivity contribution >= 4 is 24.0 Å². The molecule has 0 aromatic heterocycles. The molecule has 1 aliphatic rings. The predicted molar refractivity (Wildman–Crippen MR) is 263 cm³/mol. The monoisotopic (exact) mass is 899 g/mol. The highest BCUT2D eigenvalue weighted by Crippen LogP contribution is 2.15. The number of unbranched alkanes of at least 4 members (excludes halogenated alkanes) is 17. The lowest BCUT2D eigenvalue weighted by Gasteiger charge is -2.20. The van der Waals surface area contributed by atoms with E-state index in [1.54, 1.807) is 0 Å². The van der Waals surface area contributed by atoms with Crippen molar-refractivity contribution in [2.24, 2.45) is 5.92 Å². The van der Waals surface area contributed by atoms with Gasteiger partial charge in [0.25, 0.3) is 0 Å². The van der Waals surface area contributed by atoms with Gasteiger partial charge in [-0.3, -0.25) is 14.4 Å². The van der Waals surface area contributed by atoms with E-state index in [-0.39, 0.29) is 38.2 Å². The number of nitrogens with one attached hydrogen (secondary N) is 1. The van der Waals surface area contributed by atoms with Crippen LogP contribution in [0, 0.1) is 5.92 Å². The molecule has 1 heterocycles. The summed E-state index contributed by atoms with van der Waals surface area (Å²) in [6, 6.07) is 0. The minimum atomic E-state index is -0.610. The SMILES string of the molecule is CCCCC/C=C\C/C=C\CCCCCCCC(=O)OCC(COC(=O)CCCCCCC/C=C\C/C=C\CCCCC)COC(=O)CC(CCCC)OC(=O)NCCN1CCCC1. The summed E-state index contributed by atoms with van der Waals surface area (Å²) in [5.41, 5.74) is 0. The number of carbonyl (C=O) groups excluding carboxylic acids is 4. The van der Waals surface area contributed by atoms with Crippen LogP contribution in [-0.4, -0.2) is 81.0 Å². The molecule has 1 atom stereocenters. The Hall–Kier alpha value is -3.40. The van der Waals surface area contributed by atoms with Gasteiger partial charge >= 0.3 is 24.0 Å². The van der Waals surface area contributed by atoms with Gasteiger partial charge in [-0.05, 0) is 109 Å². The Morgan fingerprint density at radius 2 is 0.938 bits per heavy atom. The third kappa shape index (κ3) is 39.0. The summed E-state index contributed by atoms with van der Waals surface area (Å²) in [7, 11) is 0. The number of amides is 1. The first-order valence-corrected chi connectivity index (χ1v) is 26.1. The Kier molecular flexibility index (Phi) is 41.0. The molecule has 1 rings (SSSR count). The van der Waals surface area contributed by atoms with E-state index in [9.17, 15) is 19.2 Å². The van der Waals surface area contributed by atoms with Crippen LogP contribution in [0.4, 0.5) is 4.79 Å². The summed E-state index contributed by atoms with van der Waals surface area (Å²) < 4.78 is 22.5. The van der Waals surface area contributed by atoms with Crippen molar-refractivity contribution in [2.45, 2.75) is 219 Å². The van der Waals surface area contributed by atoms with Gasteiger partial charge in [0.2, 0.25) is 0 Å². The molecule has 1 amide bonds. The number of ether oxygens (including phenoxy) is 4. The second kappa shape index (κ2) is 44.8. The van der Waals surface area contributed by atoms with Crippen LogP contribution < -0.4 is 5.32 Å². The lowest BCUT2D eigenvalue weighted by atomic mass is 10.1. The predicted octanol–water partition coefficient (Wildman–Crippen LogP) is 13.6. The largest absolute Gasteiger partial charge is 0.465 e. The van der Waals surface area contributed by atoms with E-state index >= 15 is 0 Å². The molecule has 0 spiro atoms. The highest BCUT2D eigenvalue weighted by molar-refractivity contribution is 5.72. The average molecular weight is 899 g/mol. The van der Waals surface area contributed by atoms with Gasteiger partial charge in [0, 0.05) is 25.9 Å². The lowest BCUT2D eigenvalue weighted by molar-refractivity contribution is -0.154. The number of hydrogen-bond donors (Lipinski definition) is 1. The third-order valence-corrected chi connectivity index (χ3v) is 11.5. The number of likely N-dealkylation sites (tertiary alicyclic amines) is 1. The number of rotatable bonds is 43. The number of esters is 3. The quantitative estimate of drug-likeness (QED) is 0.0276. The topological polar surface area (TPSA) is 120 Å². The van der Waals surface area contributed by atoms with E-state index in [0.717, 1.165) is 122 Å². The first-order chi connectivity index (χ1) is 31.4. The third-order valence-electron chi connectivity index (χ3n) is 11.5. The van der Waals surface area contributed by atoms with Crippen LogP contribution in [0.15, 0.2) is 48.6 Å². The molecule has 0 aromatic rings.